The minimum absolute atomic E-state index is 0.246. The first kappa shape index (κ1) is 19.6. The number of rotatable bonds is 6. The Labute approximate surface area is 182 Å². The van der Waals surface area contributed by atoms with Crippen LogP contribution in [0.25, 0.3) is 5.57 Å². The zero-order valence-electron chi connectivity index (χ0n) is 17.8. The molecule has 1 fully saturated rings. The highest BCUT2D eigenvalue weighted by molar-refractivity contribution is 5.83. The second-order valence-corrected chi connectivity index (χ2v) is 7.98. The van der Waals surface area contributed by atoms with Crippen LogP contribution in [0.4, 0.5) is 17.3 Å². The predicted octanol–water partition coefficient (Wildman–Crippen LogP) is 3.54. The van der Waals surface area contributed by atoms with E-state index in [1.807, 2.05) is 30.6 Å². The van der Waals surface area contributed by atoms with E-state index < -0.39 is 0 Å². The van der Waals surface area contributed by atoms with Gasteiger partial charge in [-0.3, -0.25) is 0 Å². The second-order valence-electron chi connectivity index (χ2n) is 7.98. The second kappa shape index (κ2) is 8.43. The van der Waals surface area contributed by atoms with Crippen LogP contribution < -0.4 is 20.9 Å². The van der Waals surface area contributed by atoms with E-state index in [2.05, 4.69) is 63.2 Å². The molecule has 5 rings (SSSR count). The number of fused-ring (bicyclic) bond motifs is 1. The maximum absolute atomic E-state index is 5.47. The molecule has 1 aromatic carbocycles. The van der Waals surface area contributed by atoms with Crippen LogP contribution in [-0.4, -0.2) is 41.9 Å². The van der Waals surface area contributed by atoms with Gasteiger partial charge in [0.2, 0.25) is 5.95 Å². The van der Waals surface area contributed by atoms with Gasteiger partial charge in [-0.05, 0) is 43.0 Å². The Bertz CT molecular complexity index is 1040. The summed E-state index contributed by atoms with van der Waals surface area (Å²) in [4.78, 5) is 11.6. The zero-order chi connectivity index (χ0) is 21.1. The first-order valence-corrected chi connectivity index (χ1v) is 10.9. The molecule has 7 nitrogen and oxygen atoms in total. The molecule has 7 heteroatoms. The molecule has 3 aliphatic heterocycles. The molecule has 0 radical (unpaired) electrons. The summed E-state index contributed by atoms with van der Waals surface area (Å²) in [5, 5.41) is 10.4. The molecule has 4 heterocycles. The van der Waals surface area contributed by atoms with E-state index in [1.54, 1.807) is 0 Å². The average molecular weight is 417 g/mol. The zero-order valence-corrected chi connectivity index (χ0v) is 17.8. The molecule has 0 aliphatic carbocycles. The Hall–Kier alpha value is -3.32. The number of aromatic nitrogens is 2. The molecular formula is C24H28N6O. The van der Waals surface area contributed by atoms with Crippen LogP contribution in [0.15, 0.2) is 66.7 Å². The summed E-state index contributed by atoms with van der Waals surface area (Å²) in [5.74, 6) is 0.588. The molecule has 1 atom stereocenters. The van der Waals surface area contributed by atoms with E-state index in [-0.39, 0.29) is 5.66 Å². The van der Waals surface area contributed by atoms with Crippen LogP contribution >= 0.6 is 0 Å². The predicted molar refractivity (Wildman–Crippen MR) is 124 cm³/mol. The van der Waals surface area contributed by atoms with Crippen molar-refractivity contribution in [3.8, 4) is 0 Å². The lowest BCUT2D eigenvalue weighted by Gasteiger charge is -2.34. The Morgan fingerprint density at radius 2 is 2.10 bits per heavy atom. The minimum atomic E-state index is -0.246. The number of anilines is 3. The molecule has 0 bridgehead atoms. The van der Waals surface area contributed by atoms with Crippen LogP contribution in [-0.2, 0) is 4.74 Å². The molecule has 1 aromatic heterocycles. The van der Waals surface area contributed by atoms with Gasteiger partial charge in [-0.1, -0.05) is 25.5 Å². The molecule has 0 saturated carbocycles. The van der Waals surface area contributed by atoms with Crippen molar-refractivity contribution in [2.75, 3.05) is 36.5 Å². The molecule has 0 amide bonds. The standard InChI is InChI=1S/C24H28N6O/c1-2-9-24-21(7-4-10-26-24)20(17-27-24)22-8-11-25-23(29-22)28-18-5-3-6-19(16-18)30-12-14-31-15-13-30/h3-8,10-11,16-17,26-27H,2,9,12-15H2,1H3,(H,25,28,29). The van der Waals surface area contributed by atoms with Crippen LogP contribution in [0.1, 0.15) is 25.5 Å². The third-order valence-corrected chi connectivity index (χ3v) is 5.94. The Morgan fingerprint density at radius 1 is 1.19 bits per heavy atom. The number of morpholine rings is 1. The van der Waals surface area contributed by atoms with E-state index in [9.17, 15) is 0 Å². The summed E-state index contributed by atoms with van der Waals surface area (Å²) < 4.78 is 5.47. The third kappa shape index (κ3) is 3.88. The molecule has 1 unspecified atom stereocenters. The van der Waals surface area contributed by atoms with Gasteiger partial charge >= 0.3 is 0 Å². The fourth-order valence-electron chi connectivity index (χ4n) is 4.43. The number of nitrogens with zero attached hydrogens (tertiary/aromatic N) is 3. The van der Waals surface area contributed by atoms with Crippen molar-refractivity contribution in [3.05, 3.63) is 72.3 Å². The van der Waals surface area contributed by atoms with E-state index in [0.717, 1.165) is 56.1 Å². The maximum atomic E-state index is 5.47. The Kier molecular flexibility index (Phi) is 5.34. The van der Waals surface area contributed by atoms with Crippen molar-refractivity contribution in [1.82, 2.24) is 20.6 Å². The van der Waals surface area contributed by atoms with Crippen molar-refractivity contribution in [2.45, 2.75) is 25.4 Å². The van der Waals surface area contributed by atoms with Crippen molar-refractivity contribution < 1.29 is 4.74 Å². The average Bonchev–Trinajstić information content (AvgIpc) is 3.20. The molecular weight excluding hydrogens is 388 g/mol. The molecule has 1 saturated heterocycles. The van der Waals surface area contributed by atoms with Gasteiger partial charge in [-0.25, -0.2) is 9.97 Å². The SMILES string of the molecule is CCCC12NC=CC=C1C(c1ccnc(Nc3cccc(N4CCOCC4)c3)n1)=CN2. The summed E-state index contributed by atoms with van der Waals surface area (Å²) in [6, 6.07) is 10.3. The smallest absolute Gasteiger partial charge is 0.227 e. The van der Waals surface area contributed by atoms with Crippen molar-refractivity contribution in [2.24, 2.45) is 0 Å². The number of benzene rings is 1. The topological polar surface area (TPSA) is 74.3 Å². The first-order chi connectivity index (χ1) is 15.3. The molecule has 160 valence electrons. The summed E-state index contributed by atoms with van der Waals surface area (Å²) in [6.45, 7) is 5.56. The number of allylic oxidation sites excluding steroid dienone is 2. The maximum Gasteiger partial charge on any atom is 0.227 e. The van der Waals surface area contributed by atoms with Gasteiger partial charge in [0.1, 0.15) is 5.66 Å². The lowest BCUT2D eigenvalue weighted by molar-refractivity contribution is 0.122. The number of hydrogen-bond acceptors (Lipinski definition) is 7. The van der Waals surface area contributed by atoms with Gasteiger partial charge in [0.15, 0.2) is 0 Å². The van der Waals surface area contributed by atoms with Crippen LogP contribution in [0.5, 0.6) is 0 Å². The lowest BCUT2D eigenvalue weighted by Crippen LogP contribution is -2.52. The quantitative estimate of drug-likeness (QED) is 0.665. The Morgan fingerprint density at radius 3 is 2.97 bits per heavy atom. The summed E-state index contributed by atoms with van der Waals surface area (Å²) in [5.41, 5.74) is 5.12. The van der Waals surface area contributed by atoms with Gasteiger partial charge in [0.25, 0.3) is 0 Å². The highest BCUT2D eigenvalue weighted by Gasteiger charge is 2.39. The molecule has 31 heavy (non-hydrogen) atoms. The van der Waals surface area contributed by atoms with Gasteiger partial charge in [-0.15, -0.1) is 0 Å². The van der Waals surface area contributed by atoms with Crippen molar-refractivity contribution in [1.29, 1.82) is 0 Å². The van der Waals surface area contributed by atoms with Gasteiger partial charge in [0.05, 0.1) is 18.9 Å². The fourth-order valence-corrected chi connectivity index (χ4v) is 4.43. The number of dihydropyridines is 1. The minimum Gasteiger partial charge on any atom is -0.378 e. The van der Waals surface area contributed by atoms with Gasteiger partial charge < -0.3 is 25.6 Å². The van der Waals surface area contributed by atoms with Crippen LogP contribution in [0, 0.1) is 0 Å². The summed E-state index contributed by atoms with van der Waals surface area (Å²) >= 11 is 0. The largest absolute Gasteiger partial charge is 0.378 e. The van der Waals surface area contributed by atoms with Crippen molar-refractivity contribution in [3.63, 3.8) is 0 Å². The summed E-state index contributed by atoms with van der Waals surface area (Å²) in [7, 11) is 0. The molecule has 3 N–H and O–H groups in total. The lowest BCUT2D eigenvalue weighted by atomic mass is 9.89. The third-order valence-electron chi connectivity index (χ3n) is 5.94. The van der Waals surface area contributed by atoms with Crippen LogP contribution in [0.2, 0.25) is 0 Å². The van der Waals surface area contributed by atoms with E-state index in [1.165, 1.54) is 11.3 Å². The van der Waals surface area contributed by atoms with E-state index >= 15 is 0 Å². The number of hydrogen-bond donors (Lipinski definition) is 3. The van der Waals surface area contributed by atoms with Gasteiger partial charge in [0, 0.05) is 48.0 Å². The van der Waals surface area contributed by atoms with Gasteiger partial charge in [-0.2, -0.15) is 0 Å². The van der Waals surface area contributed by atoms with Crippen molar-refractivity contribution >= 4 is 22.9 Å². The highest BCUT2D eigenvalue weighted by atomic mass is 16.5. The first-order valence-electron chi connectivity index (χ1n) is 10.9. The molecule has 0 spiro atoms. The fraction of sp³-hybridized carbons (Fsp3) is 0.333. The molecule has 3 aliphatic rings. The highest BCUT2D eigenvalue weighted by Crippen LogP contribution is 2.38. The molecule has 2 aromatic rings. The summed E-state index contributed by atoms with van der Waals surface area (Å²) in [6.07, 6.45) is 12.1. The number of nitrogens with one attached hydrogen (secondary N) is 3. The normalized spacial score (nSPS) is 22.2. The van der Waals surface area contributed by atoms with Crippen LogP contribution in [0.3, 0.4) is 0 Å². The van der Waals surface area contributed by atoms with E-state index in [0.29, 0.717) is 5.95 Å². The monoisotopic (exact) mass is 416 g/mol. The Balaban J connectivity index is 1.37. The van der Waals surface area contributed by atoms with E-state index in [4.69, 9.17) is 9.72 Å². The number of ether oxygens (including phenoxy) is 1.